The molecule has 0 amide bonds. The van der Waals surface area contributed by atoms with Crippen LogP contribution in [-0.2, 0) is 25.7 Å². The molecule has 2 rings (SSSR count). The Kier molecular flexibility index (Phi) is 4.08. The first-order chi connectivity index (χ1) is 9.45. The summed E-state index contributed by atoms with van der Waals surface area (Å²) in [7, 11) is 0. The van der Waals surface area contributed by atoms with Crippen LogP contribution in [0.5, 0.6) is 0 Å². The number of halogens is 3. The Morgan fingerprint density at radius 1 is 1.10 bits per heavy atom. The zero-order valence-corrected chi connectivity index (χ0v) is 11.0. The second kappa shape index (κ2) is 5.62. The molecular formula is C13H15F3N4. The largest absolute Gasteiger partial charge is 0.416 e. The molecule has 0 atom stereocenters. The van der Waals surface area contributed by atoms with Gasteiger partial charge in [0.05, 0.1) is 12.1 Å². The van der Waals surface area contributed by atoms with E-state index in [-0.39, 0.29) is 6.54 Å². The van der Waals surface area contributed by atoms with Crippen molar-refractivity contribution < 1.29 is 13.2 Å². The summed E-state index contributed by atoms with van der Waals surface area (Å²) in [5.41, 5.74) is 5.65. The maximum absolute atomic E-state index is 12.5. The van der Waals surface area contributed by atoms with Crippen LogP contribution in [0.2, 0.25) is 0 Å². The fourth-order valence-electron chi connectivity index (χ4n) is 2.01. The smallest absolute Gasteiger partial charge is 0.324 e. The lowest BCUT2D eigenvalue weighted by atomic mass is 10.1. The zero-order valence-electron chi connectivity index (χ0n) is 11.0. The van der Waals surface area contributed by atoms with Crippen molar-refractivity contribution in [2.75, 3.05) is 0 Å². The van der Waals surface area contributed by atoms with Gasteiger partial charge in [0.15, 0.2) is 0 Å². The number of hydrogen-bond acceptors (Lipinski definition) is 3. The van der Waals surface area contributed by atoms with E-state index in [0.29, 0.717) is 24.6 Å². The van der Waals surface area contributed by atoms with E-state index >= 15 is 0 Å². The van der Waals surface area contributed by atoms with Crippen molar-refractivity contribution in [2.24, 2.45) is 5.73 Å². The van der Waals surface area contributed by atoms with Gasteiger partial charge < -0.3 is 10.3 Å². The Balaban J connectivity index is 2.20. The Morgan fingerprint density at radius 3 is 2.20 bits per heavy atom. The quantitative estimate of drug-likeness (QED) is 0.937. The maximum atomic E-state index is 12.5. The highest BCUT2D eigenvalue weighted by Gasteiger charge is 2.29. The third-order valence-electron chi connectivity index (χ3n) is 3.05. The van der Waals surface area contributed by atoms with Crippen LogP contribution in [0.3, 0.4) is 0 Å². The molecule has 4 nitrogen and oxygen atoms in total. The highest BCUT2D eigenvalue weighted by molar-refractivity contribution is 5.26. The van der Waals surface area contributed by atoms with E-state index in [1.54, 1.807) is 0 Å². The Morgan fingerprint density at radius 2 is 1.70 bits per heavy atom. The minimum Gasteiger partial charge on any atom is -0.324 e. The van der Waals surface area contributed by atoms with Crippen LogP contribution in [-0.4, -0.2) is 14.8 Å². The predicted octanol–water partition coefficient (Wildman–Crippen LogP) is 2.37. The van der Waals surface area contributed by atoms with Crippen LogP contribution in [0.4, 0.5) is 13.2 Å². The molecule has 0 aliphatic heterocycles. The molecule has 20 heavy (non-hydrogen) atoms. The van der Waals surface area contributed by atoms with E-state index in [0.717, 1.165) is 17.7 Å². The van der Waals surface area contributed by atoms with Gasteiger partial charge >= 0.3 is 6.18 Å². The summed E-state index contributed by atoms with van der Waals surface area (Å²) < 4.78 is 39.3. The first kappa shape index (κ1) is 14.5. The zero-order chi connectivity index (χ0) is 14.8. The van der Waals surface area contributed by atoms with Crippen LogP contribution < -0.4 is 5.73 Å². The number of hydrogen-bond donors (Lipinski definition) is 1. The Labute approximate surface area is 114 Å². The monoisotopic (exact) mass is 284 g/mol. The summed E-state index contributed by atoms with van der Waals surface area (Å²) in [6.07, 6.45) is -3.88. The van der Waals surface area contributed by atoms with Crippen molar-refractivity contribution in [2.45, 2.75) is 32.6 Å². The number of benzene rings is 1. The molecule has 0 aliphatic rings. The minimum atomic E-state index is -4.31. The molecule has 0 saturated heterocycles. The lowest BCUT2D eigenvalue weighted by molar-refractivity contribution is -0.137. The lowest BCUT2D eigenvalue weighted by Crippen LogP contribution is -2.10. The summed E-state index contributed by atoms with van der Waals surface area (Å²) in [6, 6.07) is 5.07. The molecule has 1 aromatic heterocycles. The van der Waals surface area contributed by atoms with Crippen molar-refractivity contribution in [3.63, 3.8) is 0 Å². The number of nitrogens with zero attached hydrogens (tertiary/aromatic N) is 3. The first-order valence-corrected chi connectivity index (χ1v) is 6.22. The van der Waals surface area contributed by atoms with Crippen molar-refractivity contribution in [1.82, 2.24) is 14.8 Å². The van der Waals surface area contributed by atoms with Crippen LogP contribution in [0.25, 0.3) is 0 Å². The SMILES string of the molecule is CCn1c(CN)nnc1Cc1ccc(C(F)(F)F)cc1. The van der Waals surface area contributed by atoms with Gasteiger partial charge in [0.25, 0.3) is 0 Å². The van der Waals surface area contributed by atoms with Gasteiger partial charge in [0, 0.05) is 13.0 Å². The van der Waals surface area contributed by atoms with E-state index in [1.807, 2.05) is 11.5 Å². The molecule has 108 valence electrons. The number of alkyl halides is 3. The standard InChI is InChI=1S/C13H15F3N4/c1-2-20-11(18-19-12(20)8-17)7-9-3-5-10(6-4-9)13(14,15)16/h3-6H,2,7-8,17H2,1H3. The summed E-state index contributed by atoms with van der Waals surface area (Å²) >= 11 is 0. The minimum absolute atomic E-state index is 0.286. The normalized spacial score (nSPS) is 11.8. The maximum Gasteiger partial charge on any atom is 0.416 e. The molecule has 0 saturated carbocycles. The molecule has 0 aliphatic carbocycles. The summed E-state index contributed by atoms with van der Waals surface area (Å²) in [5, 5.41) is 8.00. The van der Waals surface area contributed by atoms with E-state index in [9.17, 15) is 13.2 Å². The molecule has 7 heteroatoms. The third-order valence-corrected chi connectivity index (χ3v) is 3.05. The summed E-state index contributed by atoms with van der Waals surface area (Å²) in [4.78, 5) is 0. The molecule has 0 fully saturated rings. The molecule has 0 bridgehead atoms. The Hall–Kier alpha value is -1.89. The van der Waals surface area contributed by atoms with Gasteiger partial charge in [0.2, 0.25) is 0 Å². The second-order valence-electron chi connectivity index (χ2n) is 4.35. The molecule has 2 N–H and O–H groups in total. The lowest BCUT2D eigenvalue weighted by Gasteiger charge is -2.08. The van der Waals surface area contributed by atoms with E-state index < -0.39 is 11.7 Å². The molecule has 0 spiro atoms. The number of aromatic nitrogens is 3. The summed E-state index contributed by atoms with van der Waals surface area (Å²) in [6.45, 7) is 2.90. The number of nitrogens with two attached hydrogens (primary N) is 1. The predicted molar refractivity (Wildman–Crippen MR) is 67.8 cm³/mol. The van der Waals surface area contributed by atoms with Crippen molar-refractivity contribution >= 4 is 0 Å². The second-order valence-corrected chi connectivity index (χ2v) is 4.35. The van der Waals surface area contributed by atoms with Crippen molar-refractivity contribution in [1.29, 1.82) is 0 Å². The van der Waals surface area contributed by atoms with Crippen LogP contribution >= 0.6 is 0 Å². The molecule has 1 aromatic carbocycles. The van der Waals surface area contributed by atoms with E-state index in [2.05, 4.69) is 10.2 Å². The Bertz CT molecular complexity index is 572. The molecular weight excluding hydrogens is 269 g/mol. The van der Waals surface area contributed by atoms with Crippen LogP contribution in [0.15, 0.2) is 24.3 Å². The third kappa shape index (κ3) is 2.98. The van der Waals surface area contributed by atoms with Gasteiger partial charge in [-0.05, 0) is 24.6 Å². The van der Waals surface area contributed by atoms with Gasteiger partial charge in [-0.2, -0.15) is 13.2 Å². The van der Waals surface area contributed by atoms with Gasteiger partial charge in [-0.1, -0.05) is 12.1 Å². The first-order valence-electron chi connectivity index (χ1n) is 6.22. The fourth-order valence-corrected chi connectivity index (χ4v) is 2.01. The molecule has 0 radical (unpaired) electrons. The van der Waals surface area contributed by atoms with Crippen LogP contribution in [0.1, 0.15) is 29.7 Å². The van der Waals surface area contributed by atoms with Crippen LogP contribution in [0, 0.1) is 0 Å². The topological polar surface area (TPSA) is 56.7 Å². The molecule has 2 aromatic rings. The highest BCUT2D eigenvalue weighted by Crippen LogP contribution is 2.29. The van der Waals surface area contributed by atoms with Gasteiger partial charge in [-0.15, -0.1) is 10.2 Å². The van der Waals surface area contributed by atoms with Crippen molar-refractivity contribution in [3.05, 3.63) is 47.0 Å². The van der Waals surface area contributed by atoms with E-state index in [1.165, 1.54) is 12.1 Å². The fraction of sp³-hybridized carbons (Fsp3) is 0.385. The van der Waals surface area contributed by atoms with E-state index in [4.69, 9.17) is 5.73 Å². The number of rotatable bonds is 4. The van der Waals surface area contributed by atoms with Gasteiger partial charge in [-0.3, -0.25) is 0 Å². The summed E-state index contributed by atoms with van der Waals surface area (Å²) in [5.74, 6) is 1.38. The van der Waals surface area contributed by atoms with Gasteiger partial charge in [0.1, 0.15) is 11.6 Å². The van der Waals surface area contributed by atoms with Crippen molar-refractivity contribution in [3.8, 4) is 0 Å². The average Bonchev–Trinajstić information content (AvgIpc) is 2.80. The average molecular weight is 284 g/mol. The molecule has 0 unspecified atom stereocenters. The van der Waals surface area contributed by atoms with Gasteiger partial charge in [-0.25, -0.2) is 0 Å². The molecule has 1 heterocycles. The highest BCUT2D eigenvalue weighted by atomic mass is 19.4.